The van der Waals surface area contributed by atoms with Gasteiger partial charge in [-0.25, -0.2) is 0 Å². The van der Waals surface area contributed by atoms with E-state index in [0.29, 0.717) is 18.4 Å². The molecule has 0 fully saturated rings. The van der Waals surface area contributed by atoms with Gasteiger partial charge in [-0.2, -0.15) is 15.0 Å². The Balaban J connectivity index is 3.01. The van der Waals surface area contributed by atoms with Crippen LogP contribution in [0.15, 0.2) is 0 Å². The Kier molecular flexibility index (Phi) is 5.06. The highest BCUT2D eigenvalue weighted by atomic mass is 16.4. The minimum Gasteiger partial charge on any atom is -0.480 e. The lowest BCUT2D eigenvalue weighted by Crippen LogP contribution is -2.29. The highest BCUT2D eigenvalue weighted by Gasteiger charge is 2.16. The molecule has 0 saturated heterocycles. The van der Waals surface area contributed by atoms with E-state index in [-0.39, 0.29) is 11.5 Å². The number of anilines is 3. The van der Waals surface area contributed by atoms with Crippen LogP contribution in [0.4, 0.5) is 17.8 Å². The second-order valence-corrected chi connectivity index (χ2v) is 5.42. The number of hydrogen-bond donors (Lipinski definition) is 4. The maximum Gasteiger partial charge on any atom is 0.325 e. The largest absolute Gasteiger partial charge is 0.480 e. The number of hydrogen-bond acceptors (Lipinski definition) is 7. The van der Waals surface area contributed by atoms with Crippen LogP contribution in [0.1, 0.15) is 34.6 Å². The van der Waals surface area contributed by atoms with Crippen LogP contribution >= 0.6 is 0 Å². The number of rotatable bonds is 6. The molecule has 0 aromatic carbocycles. The fourth-order valence-electron chi connectivity index (χ4n) is 1.32. The third kappa shape index (κ3) is 5.25. The molecule has 20 heavy (non-hydrogen) atoms. The van der Waals surface area contributed by atoms with Crippen LogP contribution in [0.2, 0.25) is 0 Å². The number of carboxylic acid groups (broad SMARTS) is 1. The zero-order valence-corrected chi connectivity index (χ0v) is 12.5. The summed E-state index contributed by atoms with van der Waals surface area (Å²) in [5.41, 5.74) is -0.208. The van der Waals surface area contributed by atoms with Crippen molar-refractivity contribution in [3.05, 3.63) is 0 Å². The Bertz CT molecular complexity index is 472. The first-order valence-electron chi connectivity index (χ1n) is 6.48. The van der Waals surface area contributed by atoms with Gasteiger partial charge in [0.15, 0.2) is 0 Å². The molecule has 0 aliphatic carbocycles. The summed E-state index contributed by atoms with van der Waals surface area (Å²) in [6, 6.07) is -0.783. The fourth-order valence-corrected chi connectivity index (χ4v) is 1.32. The predicted molar refractivity (Wildman–Crippen MR) is 78.1 cm³/mol. The lowest BCUT2D eigenvalue weighted by molar-refractivity contribution is -0.137. The summed E-state index contributed by atoms with van der Waals surface area (Å²) < 4.78 is 0. The molecule has 112 valence electrons. The molecule has 4 N–H and O–H groups in total. The van der Waals surface area contributed by atoms with Crippen LogP contribution in [0.3, 0.4) is 0 Å². The second kappa shape index (κ2) is 6.36. The van der Waals surface area contributed by atoms with E-state index >= 15 is 0 Å². The summed E-state index contributed by atoms with van der Waals surface area (Å²) in [4.78, 5) is 23.4. The van der Waals surface area contributed by atoms with Gasteiger partial charge >= 0.3 is 5.97 Å². The highest BCUT2D eigenvalue weighted by molar-refractivity contribution is 5.76. The van der Waals surface area contributed by atoms with E-state index in [1.165, 1.54) is 6.92 Å². The number of nitrogens with one attached hydrogen (secondary N) is 3. The van der Waals surface area contributed by atoms with Gasteiger partial charge in [0.25, 0.3) is 0 Å². The monoisotopic (exact) mass is 282 g/mol. The van der Waals surface area contributed by atoms with Crippen molar-refractivity contribution < 1.29 is 9.90 Å². The smallest absolute Gasteiger partial charge is 0.325 e. The van der Waals surface area contributed by atoms with Crippen LogP contribution in [0, 0.1) is 0 Å². The molecule has 0 bridgehead atoms. The SMILES string of the molecule is CCNc1nc(NC(C)C(=O)O)nc(NC(C)(C)C)n1. The Morgan fingerprint density at radius 3 is 2.25 bits per heavy atom. The molecule has 0 aliphatic heterocycles. The van der Waals surface area contributed by atoms with E-state index in [4.69, 9.17) is 5.11 Å². The van der Waals surface area contributed by atoms with Crippen LogP contribution in [0.25, 0.3) is 0 Å². The molecule has 1 heterocycles. The molecule has 0 spiro atoms. The lowest BCUT2D eigenvalue weighted by atomic mass is 10.1. The molecule has 1 aromatic rings. The third-order valence-corrected chi connectivity index (χ3v) is 2.17. The van der Waals surface area contributed by atoms with Crippen molar-refractivity contribution in [1.29, 1.82) is 0 Å². The Morgan fingerprint density at radius 2 is 1.75 bits per heavy atom. The number of carboxylic acids is 1. The first-order chi connectivity index (χ1) is 9.21. The van der Waals surface area contributed by atoms with Crippen molar-refractivity contribution in [2.45, 2.75) is 46.2 Å². The highest BCUT2D eigenvalue weighted by Crippen LogP contribution is 2.14. The quantitative estimate of drug-likeness (QED) is 0.619. The van der Waals surface area contributed by atoms with Crippen molar-refractivity contribution in [1.82, 2.24) is 15.0 Å². The van der Waals surface area contributed by atoms with E-state index in [0.717, 1.165) is 0 Å². The van der Waals surface area contributed by atoms with Gasteiger partial charge < -0.3 is 21.1 Å². The molecule has 0 radical (unpaired) electrons. The van der Waals surface area contributed by atoms with Gasteiger partial charge in [0.05, 0.1) is 0 Å². The van der Waals surface area contributed by atoms with Gasteiger partial charge in [0.1, 0.15) is 6.04 Å². The van der Waals surface area contributed by atoms with Gasteiger partial charge in [-0.3, -0.25) is 4.79 Å². The van der Waals surface area contributed by atoms with E-state index in [2.05, 4.69) is 30.9 Å². The maximum atomic E-state index is 10.9. The van der Waals surface area contributed by atoms with Crippen LogP contribution in [-0.4, -0.2) is 44.2 Å². The lowest BCUT2D eigenvalue weighted by Gasteiger charge is -2.21. The molecule has 0 saturated carbocycles. The minimum atomic E-state index is -0.972. The number of carbonyl (C=O) groups is 1. The number of nitrogens with zero attached hydrogens (tertiary/aromatic N) is 3. The normalized spacial score (nSPS) is 12.7. The van der Waals surface area contributed by atoms with Crippen LogP contribution in [0.5, 0.6) is 0 Å². The van der Waals surface area contributed by atoms with E-state index in [1.807, 2.05) is 27.7 Å². The Labute approximate surface area is 118 Å². The summed E-state index contributed by atoms with van der Waals surface area (Å²) in [6.45, 7) is 10.1. The zero-order chi connectivity index (χ0) is 15.3. The number of aromatic nitrogens is 3. The first kappa shape index (κ1) is 15.9. The van der Waals surface area contributed by atoms with E-state index in [9.17, 15) is 4.79 Å². The first-order valence-corrected chi connectivity index (χ1v) is 6.48. The average molecular weight is 282 g/mol. The second-order valence-electron chi connectivity index (χ2n) is 5.42. The molecule has 1 unspecified atom stereocenters. The van der Waals surface area contributed by atoms with Crippen molar-refractivity contribution >= 4 is 23.8 Å². The Hall–Kier alpha value is -2.12. The molecule has 0 amide bonds. The van der Waals surface area contributed by atoms with Crippen LogP contribution in [-0.2, 0) is 4.79 Å². The van der Waals surface area contributed by atoms with Gasteiger partial charge in [0, 0.05) is 12.1 Å². The molecule has 0 aliphatic rings. The molecular formula is C12H22N6O2. The summed E-state index contributed by atoms with van der Waals surface area (Å²) in [7, 11) is 0. The standard InChI is InChI=1S/C12H22N6O2/c1-6-13-9-15-10(14-7(2)8(19)20)17-11(16-9)18-12(3,4)5/h7H,6H2,1-5H3,(H,19,20)(H3,13,14,15,16,17,18). The molecule has 1 aromatic heterocycles. The summed E-state index contributed by atoms with van der Waals surface area (Å²) in [5.74, 6) is 0.0382. The summed E-state index contributed by atoms with van der Waals surface area (Å²) >= 11 is 0. The molecule has 1 rings (SSSR count). The van der Waals surface area contributed by atoms with E-state index < -0.39 is 12.0 Å². The number of aliphatic carboxylic acids is 1. The molecule has 1 atom stereocenters. The molecular weight excluding hydrogens is 260 g/mol. The van der Waals surface area contributed by atoms with Crippen molar-refractivity contribution in [2.75, 3.05) is 22.5 Å². The predicted octanol–water partition coefficient (Wildman–Crippen LogP) is 1.40. The van der Waals surface area contributed by atoms with Crippen molar-refractivity contribution in [2.24, 2.45) is 0 Å². The van der Waals surface area contributed by atoms with Crippen molar-refractivity contribution in [3.63, 3.8) is 0 Å². The zero-order valence-electron chi connectivity index (χ0n) is 12.5. The average Bonchev–Trinajstić information content (AvgIpc) is 2.26. The van der Waals surface area contributed by atoms with Gasteiger partial charge in [0.2, 0.25) is 17.8 Å². The summed E-state index contributed by atoms with van der Waals surface area (Å²) in [5, 5.41) is 17.8. The topological polar surface area (TPSA) is 112 Å². The Morgan fingerprint density at radius 1 is 1.20 bits per heavy atom. The molecule has 8 heteroatoms. The van der Waals surface area contributed by atoms with Gasteiger partial charge in [-0.1, -0.05) is 0 Å². The maximum absolute atomic E-state index is 10.9. The molecule has 8 nitrogen and oxygen atoms in total. The fraction of sp³-hybridized carbons (Fsp3) is 0.667. The minimum absolute atomic E-state index is 0.208. The van der Waals surface area contributed by atoms with Crippen LogP contribution < -0.4 is 16.0 Å². The third-order valence-electron chi connectivity index (χ3n) is 2.17. The van der Waals surface area contributed by atoms with Crippen molar-refractivity contribution in [3.8, 4) is 0 Å². The van der Waals surface area contributed by atoms with Gasteiger partial charge in [-0.05, 0) is 34.6 Å². The summed E-state index contributed by atoms with van der Waals surface area (Å²) in [6.07, 6.45) is 0. The van der Waals surface area contributed by atoms with E-state index in [1.54, 1.807) is 0 Å². The van der Waals surface area contributed by atoms with Gasteiger partial charge in [-0.15, -0.1) is 0 Å².